The molecule has 2 aliphatic heterocycles. The Morgan fingerprint density at radius 3 is 2.65 bits per heavy atom. The zero-order valence-electron chi connectivity index (χ0n) is 15.8. The lowest BCUT2D eigenvalue weighted by atomic mass is 10.1. The minimum atomic E-state index is 0.269. The number of hydrogen-bond donors (Lipinski definition) is 0. The van der Waals surface area contributed by atoms with Gasteiger partial charge in [-0.2, -0.15) is 0 Å². The number of pyridine rings is 1. The van der Waals surface area contributed by atoms with E-state index in [1.807, 2.05) is 26.1 Å². The SMILES string of the molecule is CCOc1cc2nccc(N3CC4OCCN(C)C4C3)c2cc1OCC. The molecule has 1 aromatic carbocycles. The van der Waals surface area contributed by atoms with E-state index in [0.29, 0.717) is 19.3 Å². The zero-order chi connectivity index (χ0) is 18.1. The van der Waals surface area contributed by atoms with Crippen LogP contribution in [0.25, 0.3) is 10.9 Å². The fourth-order valence-electron chi connectivity index (χ4n) is 4.01. The number of hydrogen-bond acceptors (Lipinski definition) is 6. The smallest absolute Gasteiger partial charge is 0.163 e. The molecule has 2 unspecified atom stereocenters. The normalized spacial score (nSPS) is 23.3. The van der Waals surface area contributed by atoms with Gasteiger partial charge in [-0.15, -0.1) is 0 Å². The average Bonchev–Trinajstić information content (AvgIpc) is 3.08. The van der Waals surface area contributed by atoms with E-state index in [2.05, 4.69) is 34.0 Å². The van der Waals surface area contributed by atoms with Crippen molar-refractivity contribution in [1.82, 2.24) is 9.88 Å². The van der Waals surface area contributed by atoms with Gasteiger partial charge < -0.3 is 19.1 Å². The molecule has 6 heteroatoms. The molecule has 0 saturated carbocycles. The fourth-order valence-corrected chi connectivity index (χ4v) is 4.01. The van der Waals surface area contributed by atoms with Gasteiger partial charge in [0.15, 0.2) is 11.5 Å². The summed E-state index contributed by atoms with van der Waals surface area (Å²) in [7, 11) is 2.19. The minimum absolute atomic E-state index is 0.269. The topological polar surface area (TPSA) is 47.1 Å². The molecule has 0 aliphatic carbocycles. The van der Waals surface area contributed by atoms with E-state index >= 15 is 0 Å². The van der Waals surface area contributed by atoms with E-state index in [1.54, 1.807) is 0 Å². The summed E-state index contributed by atoms with van der Waals surface area (Å²) in [4.78, 5) is 9.39. The van der Waals surface area contributed by atoms with Crippen molar-refractivity contribution in [3.63, 3.8) is 0 Å². The molecular formula is C20H27N3O3. The van der Waals surface area contributed by atoms with Gasteiger partial charge in [-0.3, -0.25) is 9.88 Å². The van der Waals surface area contributed by atoms with Crippen molar-refractivity contribution in [2.45, 2.75) is 26.0 Å². The van der Waals surface area contributed by atoms with Gasteiger partial charge in [-0.25, -0.2) is 0 Å². The molecule has 2 saturated heterocycles. The average molecular weight is 357 g/mol. The van der Waals surface area contributed by atoms with Gasteiger partial charge in [0.25, 0.3) is 0 Å². The van der Waals surface area contributed by atoms with Crippen LogP contribution >= 0.6 is 0 Å². The number of anilines is 1. The van der Waals surface area contributed by atoms with Crippen LogP contribution in [0, 0.1) is 0 Å². The number of morpholine rings is 1. The maximum absolute atomic E-state index is 6.01. The second kappa shape index (κ2) is 7.29. The van der Waals surface area contributed by atoms with E-state index in [-0.39, 0.29) is 6.10 Å². The molecule has 3 heterocycles. The largest absolute Gasteiger partial charge is 0.490 e. The van der Waals surface area contributed by atoms with Crippen LogP contribution in [0.4, 0.5) is 5.69 Å². The molecule has 6 nitrogen and oxygen atoms in total. The highest BCUT2D eigenvalue weighted by Gasteiger charge is 2.39. The van der Waals surface area contributed by atoms with Crippen molar-refractivity contribution < 1.29 is 14.2 Å². The van der Waals surface area contributed by atoms with Crippen molar-refractivity contribution in [3.8, 4) is 11.5 Å². The Labute approximate surface area is 154 Å². The Kier molecular flexibility index (Phi) is 4.87. The predicted molar refractivity (Wildman–Crippen MR) is 102 cm³/mol. The summed E-state index contributed by atoms with van der Waals surface area (Å²) in [5.74, 6) is 1.53. The fraction of sp³-hybridized carbons (Fsp3) is 0.550. The lowest BCUT2D eigenvalue weighted by Gasteiger charge is -2.33. The van der Waals surface area contributed by atoms with Crippen molar-refractivity contribution in [2.24, 2.45) is 0 Å². The third kappa shape index (κ3) is 3.08. The Hall–Kier alpha value is -2.05. The number of fused-ring (bicyclic) bond motifs is 2. The molecule has 0 spiro atoms. The third-order valence-corrected chi connectivity index (χ3v) is 5.30. The van der Waals surface area contributed by atoms with Gasteiger partial charge in [0.1, 0.15) is 0 Å². The zero-order valence-corrected chi connectivity index (χ0v) is 15.8. The number of aromatic nitrogens is 1. The van der Waals surface area contributed by atoms with Gasteiger partial charge in [-0.05, 0) is 33.0 Å². The van der Waals surface area contributed by atoms with E-state index in [9.17, 15) is 0 Å². The lowest BCUT2D eigenvalue weighted by molar-refractivity contribution is -0.0362. The molecule has 2 aliphatic rings. The molecule has 1 aromatic heterocycles. The first-order chi connectivity index (χ1) is 12.7. The molecular weight excluding hydrogens is 330 g/mol. The van der Waals surface area contributed by atoms with Crippen LogP contribution in [-0.2, 0) is 4.74 Å². The molecule has 2 fully saturated rings. The van der Waals surface area contributed by atoms with Crippen LogP contribution in [-0.4, -0.2) is 68.5 Å². The number of nitrogens with zero attached hydrogens (tertiary/aromatic N) is 3. The number of likely N-dealkylation sites (N-methyl/N-ethyl adjacent to an activating group) is 1. The molecule has 2 aromatic rings. The molecule has 0 amide bonds. The quantitative estimate of drug-likeness (QED) is 0.820. The predicted octanol–water partition coefficient (Wildman–Crippen LogP) is 2.55. The molecule has 26 heavy (non-hydrogen) atoms. The second-order valence-electron chi connectivity index (χ2n) is 6.87. The summed E-state index contributed by atoms with van der Waals surface area (Å²) in [6.07, 6.45) is 2.14. The van der Waals surface area contributed by atoms with Crippen LogP contribution in [0.3, 0.4) is 0 Å². The summed E-state index contributed by atoms with van der Waals surface area (Å²) in [6, 6.07) is 6.59. The monoisotopic (exact) mass is 357 g/mol. The maximum Gasteiger partial charge on any atom is 0.163 e. The first-order valence-electron chi connectivity index (χ1n) is 9.46. The Morgan fingerprint density at radius 1 is 1.15 bits per heavy atom. The molecule has 140 valence electrons. The summed E-state index contributed by atoms with van der Waals surface area (Å²) in [5, 5.41) is 1.10. The second-order valence-corrected chi connectivity index (χ2v) is 6.87. The number of ether oxygens (including phenoxy) is 3. The van der Waals surface area contributed by atoms with Gasteiger partial charge in [0.05, 0.1) is 37.5 Å². The Bertz CT molecular complexity index is 782. The number of benzene rings is 1. The highest BCUT2D eigenvalue weighted by Crippen LogP contribution is 2.37. The van der Waals surface area contributed by atoms with Crippen molar-refractivity contribution >= 4 is 16.6 Å². The van der Waals surface area contributed by atoms with Crippen LogP contribution < -0.4 is 14.4 Å². The van der Waals surface area contributed by atoms with E-state index in [4.69, 9.17) is 14.2 Å². The van der Waals surface area contributed by atoms with Gasteiger partial charge in [-0.1, -0.05) is 0 Å². The maximum atomic E-state index is 6.01. The van der Waals surface area contributed by atoms with Crippen LogP contribution in [0.1, 0.15) is 13.8 Å². The summed E-state index contributed by atoms with van der Waals surface area (Å²) in [5.41, 5.74) is 2.11. The first kappa shape index (κ1) is 17.4. The summed E-state index contributed by atoms with van der Waals surface area (Å²) < 4.78 is 17.6. The third-order valence-electron chi connectivity index (χ3n) is 5.30. The summed E-state index contributed by atoms with van der Waals surface area (Å²) in [6.45, 7) is 8.86. The van der Waals surface area contributed by atoms with E-state index in [1.165, 1.54) is 5.69 Å². The van der Waals surface area contributed by atoms with Gasteiger partial charge >= 0.3 is 0 Å². The Morgan fingerprint density at radius 2 is 1.92 bits per heavy atom. The highest BCUT2D eigenvalue weighted by molar-refractivity contribution is 5.94. The van der Waals surface area contributed by atoms with E-state index < -0.39 is 0 Å². The molecule has 2 atom stereocenters. The lowest BCUT2D eigenvalue weighted by Crippen LogP contribution is -2.48. The standard InChI is InChI=1S/C20H27N3O3/c1-4-24-18-10-14-15(11-19(18)25-5-2)21-7-6-16(14)23-12-17-20(13-23)26-9-8-22(17)3/h6-7,10-11,17,20H,4-5,8-9,12-13H2,1-3H3. The van der Waals surface area contributed by atoms with Crippen LogP contribution in [0.5, 0.6) is 11.5 Å². The highest BCUT2D eigenvalue weighted by atomic mass is 16.5. The van der Waals surface area contributed by atoms with Crippen molar-refractivity contribution in [3.05, 3.63) is 24.4 Å². The molecule has 0 bridgehead atoms. The Balaban J connectivity index is 1.72. The minimum Gasteiger partial charge on any atom is -0.490 e. The summed E-state index contributed by atoms with van der Waals surface area (Å²) >= 11 is 0. The molecule has 4 rings (SSSR count). The molecule has 0 N–H and O–H groups in total. The van der Waals surface area contributed by atoms with Crippen LogP contribution in [0.15, 0.2) is 24.4 Å². The first-order valence-corrected chi connectivity index (χ1v) is 9.46. The van der Waals surface area contributed by atoms with Crippen molar-refractivity contribution in [1.29, 1.82) is 0 Å². The van der Waals surface area contributed by atoms with Gasteiger partial charge in [0, 0.05) is 43.0 Å². The number of rotatable bonds is 5. The van der Waals surface area contributed by atoms with E-state index in [0.717, 1.165) is 48.6 Å². The molecule has 0 radical (unpaired) electrons. The van der Waals surface area contributed by atoms with Gasteiger partial charge in [0.2, 0.25) is 0 Å². The van der Waals surface area contributed by atoms with Crippen LogP contribution in [0.2, 0.25) is 0 Å². The van der Waals surface area contributed by atoms with Crippen molar-refractivity contribution in [2.75, 3.05) is 51.4 Å².